The van der Waals surface area contributed by atoms with Crippen LogP contribution in [0.4, 0.5) is 17.1 Å². The molecule has 7 aliphatic rings. The maximum atomic E-state index is 14.5. The number of hydrogen-bond acceptors (Lipinski definition) is 20. The molecule has 4 bridgehead atoms. The van der Waals surface area contributed by atoms with E-state index in [2.05, 4.69) is 81.0 Å². The third-order valence-electron chi connectivity index (χ3n) is 16.3. The number of fused-ring (bicyclic) bond motifs is 7. The van der Waals surface area contributed by atoms with Crippen molar-refractivity contribution in [2.24, 2.45) is 10.2 Å². The Hall–Kier alpha value is -9.62. The SMILES string of the molecule is CC(=O)Nc1ccc2oc(-c3ccnc(C(=O)N4CC5CCC4CN5C(C4=NNN(C)N4)c4cccc(N5N=C(C(c6ccccc6)N6C[C@H]7C[C@@H]6CN7C(=O)c6cc(-c7nc8cc(NC(C)=O)ccc8o7)ccn6)NN5C)c4)c3)nc2c1. The minimum absolute atomic E-state index is 0.00891. The second kappa shape index (κ2) is 20.7. The van der Waals surface area contributed by atoms with Gasteiger partial charge in [0.2, 0.25) is 23.6 Å². The van der Waals surface area contributed by atoms with Crippen molar-refractivity contribution < 1.29 is 28.0 Å². The van der Waals surface area contributed by atoms with Crippen LogP contribution in [0.1, 0.15) is 77.3 Å². The zero-order valence-electron chi connectivity index (χ0n) is 45.8. The number of anilines is 3. The van der Waals surface area contributed by atoms with Crippen molar-refractivity contribution in [1.82, 2.24) is 66.2 Å². The Morgan fingerprint density at radius 3 is 1.75 bits per heavy atom. The molecule has 0 radical (unpaired) electrons. The van der Waals surface area contributed by atoms with Crippen LogP contribution in [0, 0.1) is 0 Å². The predicted octanol–water partition coefficient (Wildman–Crippen LogP) is 6.13. The molecule has 5 N–H and O–H groups in total. The van der Waals surface area contributed by atoms with Crippen LogP contribution in [0.25, 0.3) is 45.1 Å². The highest BCUT2D eigenvalue weighted by atomic mass is 16.4. The van der Waals surface area contributed by atoms with Crippen molar-refractivity contribution >= 4 is 74.6 Å². The van der Waals surface area contributed by atoms with E-state index in [1.54, 1.807) is 78.2 Å². The summed E-state index contributed by atoms with van der Waals surface area (Å²) >= 11 is 0. The molecule has 4 unspecified atom stereocenters. The first kappa shape index (κ1) is 51.5. The summed E-state index contributed by atoms with van der Waals surface area (Å²) in [7, 11) is 3.82. The van der Waals surface area contributed by atoms with Gasteiger partial charge in [-0.25, -0.2) is 15.5 Å². The number of piperidine rings is 2. The molecule has 15 rings (SSSR count). The number of oxazole rings is 2. The molecule has 8 aromatic rings. The average molecular weight is 1120 g/mol. The largest absolute Gasteiger partial charge is 0.436 e. The summed E-state index contributed by atoms with van der Waals surface area (Å²) < 4.78 is 12.2. The normalized spacial score (nSPS) is 21.4. The standard InChI is InChI=1S/C59H58N18O6/c1-33(78)62-39-13-17-50-46(26-39)64-56(82-50)37-19-21-60-48(24-37)58(80)75-30-42-15-16-43(75)29-73(42)53(54-66-70-71(3)67-54)36-11-8-12-41(23-36)77-69-55(68-72(77)4)52(35-9-6-5-7-10-35)74-31-45-28-44(74)32-76(45)59(81)49-25-38(20-22-61-49)57-65-47-27-40(63-34(2)79)14-18-51(47)83-57/h5-14,17-27,42-45,52-53,70H,15-16,28-32H2,1-4H3,(H,62,78)(H,63,79)(H,66,67)(H,68,69)/t42?,43?,44-,45-,52?,53?/m1/s1. The fourth-order valence-electron chi connectivity index (χ4n) is 12.7. The van der Waals surface area contributed by atoms with Gasteiger partial charge in [-0.2, -0.15) is 5.12 Å². The Morgan fingerprint density at radius 1 is 0.590 bits per heavy atom. The van der Waals surface area contributed by atoms with Gasteiger partial charge in [0.1, 0.15) is 22.4 Å². The maximum absolute atomic E-state index is 14.5. The number of hydrazone groups is 2. The Morgan fingerprint density at radius 2 is 1.17 bits per heavy atom. The summed E-state index contributed by atoms with van der Waals surface area (Å²) in [5.74, 6) is 1.52. The van der Waals surface area contributed by atoms with Gasteiger partial charge in [-0.1, -0.05) is 42.5 Å². The Labute approximate surface area is 475 Å². The van der Waals surface area contributed by atoms with E-state index in [1.165, 1.54) is 13.8 Å². The quantitative estimate of drug-likeness (QED) is 0.0870. The lowest BCUT2D eigenvalue weighted by Crippen LogP contribution is -2.65. The number of amides is 4. The van der Waals surface area contributed by atoms with E-state index in [4.69, 9.17) is 19.0 Å². The van der Waals surface area contributed by atoms with Gasteiger partial charge in [0, 0.05) is 113 Å². The molecule has 5 fully saturated rings. The van der Waals surface area contributed by atoms with E-state index in [9.17, 15) is 19.2 Å². The van der Waals surface area contributed by atoms with Crippen LogP contribution in [-0.2, 0) is 9.59 Å². The van der Waals surface area contributed by atoms with E-state index < -0.39 is 0 Å². The molecule has 0 aliphatic carbocycles. The molecular formula is C59H58N18O6. The van der Waals surface area contributed by atoms with Crippen LogP contribution in [0.5, 0.6) is 0 Å². The van der Waals surface area contributed by atoms with Gasteiger partial charge >= 0.3 is 0 Å². The zero-order valence-corrected chi connectivity index (χ0v) is 45.8. The number of carbonyl (C=O) groups is 4. The summed E-state index contributed by atoms with van der Waals surface area (Å²) in [6, 6.07) is 35.6. The minimum atomic E-state index is -0.304. The number of rotatable bonds is 13. The van der Waals surface area contributed by atoms with E-state index in [0.717, 1.165) is 47.7 Å². The summed E-state index contributed by atoms with van der Waals surface area (Å²) in [5, 5.41) is 21.2. The highest BCUT2D eigenvalue weighted by Gasteiger charge is 2.51. The van der Waals surface area contributed by atoms with Crippen LogP contribution in [0.3, 0.4) is 0 Å². The highest BCUT2D eigenvalue weighted by Crippen LogP contribution is 2.42. The van der Waals surface area contributed by atoms with Crippen molar-refractivity contribution in [3.8, 4) is 22.9 Å². The molecule has 0 spiro atoms. The average Bonchev–Trinajstić information content (AvgIpc) is 3.49. The number of hydrazine groups is 4. The van der Waals surface area contributed by atoms with Gasteiger partial charge < -0.3 is 29.3 Å². The minimum Gasteiger partial charge on any atom is -0.436 e. The fraction of sp³-hybridized carbons (Fsp3) is 0.288. The van der Waals surface area contributed by atoms with Crippen molar-refractivity contribution in [1.29, 1.82) is 0 Å². The molecule has 420 valence electrons. The van der Waals surface area contributed by atoms with Gasteiger partial charge in [0.15, 0.2) is 22.8 Å². The second-order valence-corrected chi connectivity index (χ2v) is 21.9. The van der Waals surface area contributed by atoms with Crippen LogP contribution in [-0.4, -0.2) is 150 Å². The van der Waals surface area contributed by atoms with E-state index >= 15 is 0 Å². The van der Waals surface area contributed by atoms with Gasteiger partial charge in [-0.05, 0) is 103 Å². The Balaban J connectivity index is 0.687. The molecule has 4 amide bonds. The van der Waals surface area contributed by atoms with Gasteiger partial charge in [0.25, 0.3) is 11.8 Å². The van der Waals surface area contributed by atoms with Crippen LogP contribution < -0.4 is 32.1 Å². The number of benzene rings is 4. The first-order valence-corrected chi connectivity index (χ1v) is 27.6. The molecule has 7 aliphatic heterocycles. The topological polar surface area (TPSA) is 254 Å². The number of amidine groups is 2. The van der Waals surface area contributed by atoms with Crippen molar-refractivity contribution in [2.75, 3.05) is 56.0 Å². The van der Waals surface area contributed by atoms with E-state index in [0.29, 0.717) is 94.0 Å². The molecule has 6 atom stereocenters. The Kier molecular flexibility index (Phi) is 12.9. The zero-order chi connectivity index (χ0) is 56.6. The third kappa shape index (κ3) is 9.69. The van der Waals surface area contributed by atoms with Crippen LogP contribution >= 0.6 is 0 Å². The number of pyridine rings is 2. The smallest absolute Gasteiger partial charge is 0.272 e. The molecule has 4 aromatic heterocycles. The number of piperazine rings is 2. The molecule has 5 saturated heterocycles. The summed E-state index contributed by atoms with van der Waals surface area (Å²) in [5.41, 5.74) is 18.4. The number of carbonyl (C=O) groups excluding carboxylic acids is 4. The predicted molar refractivity (Wildman–Crippen MR) is 308 cm³/mol. The number of hydrogen-bond donors (Lipinski definition) is 5. The van der Waals surface area contributed by atoms with Crippen LogP contribution in [0.15, 0.2) is 147 Å². The third-order valence-corrected chi connectivity index (χ3v) is 16.3. The molecule has 83 heavy (non-hydrogen) atoms. The number of nitrogens with zero attached hydrogens (tertiary/aromatic N) is 13. The lowest BCUT2D eigenvalue weighted by molar-refractivity contribution is -0.115. The first-order chi connectivity index (χ1) is 40.3. The number of aromatic nitrogens is 4. The van der Waals surface area contributed by atoms with Gasteiger partial charge in [-0.3, -0.25) is 49.8 Å². The maximum Gasteiger partial charge on any atom is 0.272 e. The monoisotopic (exact) mass is 1110 g/mol. The van der Waals surface area contributed by atoms with Crippen molar-refractivity contribution in [2.45, 2.75) is 69.4 Å². The highest BCUT2D eigenvalue weighted by molar-refractivity contribution is 5.97. The molecule has 24 nitrogen and oxygen atoms in total. The van der Waals surface area contributed by atoms with Crippen molar-refractivity contribution in [3.05, 3.63) is 150 Å². The molecule has 4 aromatic carbocycles. The van der Waals surface area contributed by atoms with Crippen molar-refractivity contribution in [3.63, 3.8) is 0 Å². The number of nitrogens with one attached hydrogen (secondary N) is 5. The summed E-state index contributed by atoms with van der Waals surface area (Å²) in [4.78, 5) is 79.4. The molecule has 24 heteroatoms. The lowest BCUT2D eigenvalue weighted by atomic mass is 9.87. The second-order valence-electron chi connectivity index (χ2n) is 21.9. The number of likely N-dealkylation sites (tertiary alicyclic amines) is 2. The lowest BCUT2D eigenvalue weighted by Gasteiger charge is -2.53. The van der Waals surface area contributed by atoms with E-state index in [-0.39, 0.29) is 59.9 Å². The molecule has 11 heterocycles. The van der Waals surface area contributed by atoms with Gasteiger partial charge in [0.05, 0.1) is 17.8 Å². The fourth-order valence-corrected chi connectivity index (χ4v) is 12.7. The summed E-state index contributed by atoms with van der Waals surface area (Å²) in [6.45, 7) is 5.16. The summed E-state index contributed by atoms with van der Waals surface area (Å²) in [6.07, 6.45) is 5.75. The van der Waals surface area contributed by atoms with Crippen LogP contribution in [0.2, 0.25) is 0 Å². The Bertz CT molecular complexity index is 3960. The molecule has 0 saturated carbocycles. The molecular weight excluding hydrogens is 1060 g/mol. The van der Waals surface area contributed by atoms with E-state index in [1.807, 2.05) is 64.5 Å². The van der Waals surface area contributed by atoms with Gasteiger partial charge in [-0.15, -0.1) is 20.4 Å². The first-order valence-electron chi connectivity index (χ1n) is 27.6.